The Bertz CT molecular complexity index is 602. The van der Waals surface area contributed by atoms with E-state index in [1.54, 1.807) is 13.0 Å². The largest absolute Gasteiger partial charge is 0.506 e. The SMILES string of the molecule is Cc1ncc(CO)c(CO)c1O.O=C(O)c1cccnc1. The zero-order valence-electron chi connectivity index (χ0n) is 11.4. The van der Waals surface area contributed by atoms with Gasteiger partial charge >= 0.3 is 5.97 Å². The number of carboxylic acids is 1. The number of aromatic carboxylic acids is 1. The fraction of sp³-hybridized carbons (Fsp3) is 0.214. The van der Waals surface area contributed by atoms with Crippen molar-refractivity contribution >= 4 is 5.97 Å². The maximum Gasteiger partial charge on any atom is 0.337 e. The summed E-state index contributed by atoms with van der Waals surface area (Å²) in [5.41, 5.74) is 1.49. The monoisotopic (exact) mass is 292 g/mol. The Hall–Kier alpha value is -2.51. The van der Waals surface area contributed by atoms with Crippen LogP contribution in [0, 0.1) is 6.92 Å². The van der Waals surface area contributed by atoms with E-state index in [-0.39, 0.29) is 24.5 Å². The highest BCUT2D eigenvalue weighted by Gasteiger charge is 2.09. The molecule has 2 rings (SSSR count). The predicted octanol–water partition coefficient (Wildman–Crippen LogP) is 0.860. The Labute approximate surface area is 121 Å². The Morgan fingerprint density at radius 1 is 1.24 bits per heavy atom. The van der Waals surface area contributed by atoms with E-state index in [0.29, 0.717) is 16.8 Å². The van der Waals surface area contributed by atoms with E-state index >= 15 is 0 Å². The number of nitrogens with zero attached hydrogens (tertiary/aromatic N) is 2. The first-order valence-corrected chi connectivity index (χ1v) is 6.02. The van der Waals surface area contributed by atoms with Crippen LogP contribution in [0.4, 0.5) is 0 Å². The van der Waals surface area contributed by atoms with Gasteiger partial charge in [0.1, 0.15) is 5.75 Å². The number of pyridine rings is 2. The number of aromatic nitrogens is 2. The van der Waals surface area contributed by atoms with Crippen molar-refractivity contribution in [2.24, 2.45) is 0 Å². The van der Waals surface area contributed by atoms with Gasteiger partial charge in [0, 0.05) is 29.7 Å². The summed E-state index contributed by atoms with van der Waals surface area (Å²) >= 11 is 0. The quantitative estimate of drug-likeness (QED) is 0.661. The van der Waals surface area contributed by atoms with Gasteiger partial charge in [0.15, 0.2) is 0 Å². The first-order chi connectivity index (χ1) is 10.0. The first kappa shape index (κ1) is 16.5. The molecule has 2 heterocycles. The number of aromatic hydroxyl groups is 1. The van der Waals surface area contributed by atoms with Gasteiger partial charge in [-0.15, -0.1) is 0 Å². The second kappa shape index (κ2) is 7.93. The van der Waals surface area contributed by atoms with Crippen molar-refractivity contribution in [3.63, 3.8) is 0 Å². The molecule has 2 aromatic rings. The molecule has 7 nitrogen and oxygen atoms in total. The van der Waals surface area contributed by atoms with Crippen LogP contribution < -0.4 is 0 Å². The second-order valence-corrected chi connectivity index (χ2v) is 4.06. The van der Waals surface area contributed by atoms with E-state index in [4.69, 9.17) is 15.3 Å². The van der Waals surface area contributed by atoms with Gasteiger partial charge in [-0.1, -0.05) is 0 Å². The van der Waals surface area contributed by atoms with E-state index in [2.05, 4.69) is 9.97 Å². The Kier molecular flexibility index (Phi) is 6.25. The smallest absolute Gasteiger partial charge is 0.337 e. The van der Waals surface area contributed by atoms with Gasteiger partial charge in [0.05, 0.1) is 24.5 Å². The molecule has 0 unspecified atom stereocenters. The van der Waals surface area contributed by atoms with Crippen LogP contribution in [0.15, 0.2) is 30.7 Å². The second-order valence-electron chi connectivity index (χ2n) is 4.06. The number of aliphatic hydroxyl groups is 2. The lowest BCUT2D eigenvalue weighted by atomic mass is 10.1. The van der Waals surface area contributed by atoms with Crippen molar-refractivity contribution in [3.8, 4) is 5.75 Å². The maximum absolute atomic E-state index is 10.2. The van der Waals surface area contributed by atoms with Crippen molar-refractivity contribution in [3.05, 3.63) is 53.1 Å². The Morgan fingerprint density at radius 3 is 2.38 bits per heavy atom. The summed E-state index contributed by atoms with van der Waals surface area (Å²) in [5, 5.41) is 35.4. The van der Waals surface area contributed by atoms with Gasteiger partial charge < -0.3 is 20.4 Å². The molecule has 0 amide bonds. The zero-order valence-corrected chi connectivity index (χ0v) is 11.4. The molecule has 0 saturated carbocycles. The highest BCUT2D eigenvalue weighted by molar-refractivity contribution is 5.86. The van der Waals surface area contributed by atoms with Crippen molar-refractivity contribution in [1.29, 1.82) is 0 Å². The van der Waals surface area contributed by atoms with Gasteiger partial charge in [0.25, 0.3) is 0 Å². The Balaban J connectivity index is 0.000000219. The van der Waals surface area contributed by atoms with E-state index in [9.17, 15) is 9.90 Å². The average Bonchev–Trinajstić information content (AvgIpc) is 2.51. The highest BCUT2D eigenvalue weighted by atomic mass is 16.4. The zero-order chi connectivity index (χ0) is 15.8. The highest BCUT2D eigenvalue weighted by Crippen LogP contribution is 2.23. The van der Waals surface area contributed by atoms with Crippen molar-refractivity contribution in [2.45, 2.75) is 20.1 Å². The van der Waals surface area contributed by atoms with Crippen LogP contribution in [-0.2, 0) is 13.2 Å². The first-order valence-electron chi connectivity index (χ1n) is 6.02. The van der Waals surface area contributed by atoms with Crippen LogP contribution in [0.5, 0.6) is 5.75 Å². The lowest BCUT2D eigenvalue weighted by molar-refractivity contribution is 0.0696. The molecule has 0 aliphatic carbocycles. The molecule has 0 radical (unpaired) electrons. The minimum Gasteiger partial charge on any atom is -0.506 e. The summed E-state index contributed by atoms with van der Waals surface area (Å²) in [4.78, 5) is 17.6. The summed E-state index contributed by atoms with van der Waals surface area (Å²) in [6.07, 6.45) is 4.29. The van der Waals surface area contributed by atoms with Gasteiger partial charge in [-0.2, -0.15) is 0 Å². The number of hydrogen-bond acceptors (Lipinski definition) is 6. The molecule has 7 heteroatoms. The molecule has 21 heavy (non-hydrogen) atoms. The van der Waals surface area contributed by atoms with Crippen LogP contribution >= 0.6 is 0 Å². The number of hydrogen-bond donors (Lipinski definition) is 4. The lowest BCUT2D eigenvalue weighted by Crippen LogP contribution is -1.98. The minimum absolute atomic E-state index is 0.0379. The lowest BCUT2D eigenvalue weighted by Gasteiger charge is -2.07. The van der Waals surface area contributed by atoms with Crippen molar-refractivity contribution in [1.82, 2.24) is 9.97 Å². The van der Waals surface area contributed by atoms with Gasteiger partial charge in [-0.3, -0.25) is 9.97 Å². The predicted molar refractivity (Wildman–Crippen MR) is 73.7 cm³/mol. The molecule has 112 valence electrons. The molecular weight excluding hydrogens is 276 g/mol. The van der Waals surface area contributed by atoms with E-state index in [0.717, 1.165) is 0 Å². The number of rotatable bonds is 3. The average molecular weight is 292 g/mol. The van der Waals surface area contributed by atoms with Crippen LogP contribution in [0.3, 0.4) is 0 Å². The van der Waals surface area contributed by atoms with Gasteiger partial charge in [-0.25, -0.2) is 4.79 Å². The molecule has 4 N–H and O–H groups in total. The molecule has 0 aromatic carbocycles. The summed E-state index contributed by atoms with van der Waals surface area (Å²) in [6, 6.07) is 3.08. The number of aliphatic hydroxyl groups excluding tert-OH is 2. The standard InChI is InChI=1S/C8H11NO3.C6H5NO2/c1-5-8(12)7(4-11)6(3-10)2-9-5;8-6(9)5-2-1-3-7-4-5/h2,10-12H,3-4H2,1H3;1-4H,(H,8,9). The number of carbonyl (C=O) groups is 1. The normalized spacial score (nSPS) is 9.67. The fourth-order valence-corrected chi connectivity index (χ4v) is 1.49. The van der Waals surface area contributed by atoms with Crippen LogP contribution in [0.25, 0.3) is 0 Å². The third-order valence-corrected chi connectivity index (χ3v) is 2.67. The van der Waals surface area contributed by atoms with E-state index < -0.39 is 5.97 Å². The minimum atomic E-state index is -0.942. The molecule has 0 aliphatic heterocycles. The van der Waals surface area contributed by atoms with Crippen molar-refractivity contribution < 1.29 is 25.2 Å². The number of aryl methyl sites for hydroxylation is 1. The van der Waals surface area contributed by atoms with Crippen LogP contribution in [0.1, 0.15) is 27.2 Å². The summed E-state index contributed by atoms with van der Waals surface area (Å²) in [5.74, 6) is -0.979. The third kappa shape index (κ3) is 4.51. The van der Waals surface area contributed by atoms with Crippen LogP contribution in [-0.4, -0.2) is 36.4 Å². The molecule has 0 saturated heterocycles. The fourth-order valence-electron chi connectivity index (χ4n) is 1.49. The van der Waals surface area contributed by atoms with Gasteiger partial charge in [-0.05, 0) is 19.1 Å². The number of carboxylic acid groups (broad SMARTS) is 1. The molecule has 0 atom stereocenters. The summed E-state index contributed by atoms with van der Waals surface area (Å²) in [6.45, 7) is 1.12. The molecule has 0 aliphatic rings. The maximum atomic E-state index is 10.2. The van der Waals surface area contributed by atoms with Crippen LogP contribution in [0.2, 0.25) is 0 Å². The van der Waals surface area contributed by atoms with Crippen molar-refractivity contribution in [2.75, 3.05) is 0 Å². The Morgan fingerprint density at radius 2 is 1.95 bits per heavy atom. The molecule has 0 bridgehead atoms. The molecular formula is C14H16N2O5. The topological polar surface area (TPSA) is 124 Å². The summed E-state index contributed by atoms with van der Waals surface area (Å²) in [7, 11) is 0. The van der Waals surface area contributed by atoms with Gasteiger partial charge in [0.2, 0.25) is 0 Å². The molecule has 0 fully saturated rings. The van der Waals surface area contributed by atoms with E-state index in [1.165, 1.54) is 24.7 Å². The third-order valence-electron chi connectivity index (χ3n) is 2.67. The molecule has 0 spiro atoms. The van der Waals surface area contributed by atoms with E-state index in [1.807, 2.05) is 0 Å². The molecule has 2 aromatic heterocycles. The summed E-state index contributed by atoms with van der Waals surface area (Å²) < 4.78 is 0.